The molecule has 1 aromatic rings. The monoisotopic (exact) mass is 278 g/mol. The molecule has 0 aromatic carbocycles. The van der Waals surface area contributed by atoms with Gasteiger partial charge in [0.05, 0.1) is 6.54 Å². The quantitative estimate of drug-likeness (QED) is 0.784. The van der Waals surface area contributed by atoms with Crippen molar-refractivity contribution in [3.63, 3.8) is 0 Å². The summed E-state index contributed by atoms with van der Waals surface area (Å²) in [6.45, 7) is 3.08. The molecule has 2 amide bonds. The third-order valence-corrected chi connectivity index (χ3v) is 3.66. The fourth-order valence-corrected chi connectivity index (χ4v) is 2.64. The van der Waals surface area contributed by atoms with Crippen LogP contribution in [0.3, 0.4) is 0 Å². The Bertz CT molecular complexity index is 483. The Hall–Kier alpha value is -1.66. The van der Waals surface area contributed by atoms with Crippen molar-refractivity contribution in [2.75, 3.05) is 33.2 Å². The second-order valence-corrected chi connectivity index (χ2v) is 5.33. The molecule has 2 N–H and O–H groups in total. The maximum Gasteiger partial charge on any atom is 0.274 e. The van der Waals surface area contributed by atoms with Gasteiger partial charge in [-0.2, -0.15) is 0 Å². The Balaban J connectivity index is 1.79. The van der Waals surface area contributed by atoms with E-state index in [1.54, 1.807) is 29.9 Å². The highest BCUT2D eigenvalue weighted by atomic mass is 16.2. The Morgan fingerprint density at radius 2 is 2.25 bits per heavy atom. The number of amides is 2. The molecule has 0 aliphatic carbocycles. The second-order valence-electron chi connectivity index (χ2n) is 5.33. The zero-order chi connectivity index (χ0) is 14.5. The van der Waals surface area contributed by atoms with Crippen molar-refractivity contribution in [1.29, 1.82) is 0 Å². The third-order valence-electron chi connectivity index (χ3n) is 3.66. The summed E-state index contributed by atoms with van der Waals surface area (Å²) in [4.78, 5) is 25.9. The number of hydrogen-bond acceptors (Lipinski definition) is 4. The number of carbonyl (C=O) groups is 2. The van der Waals surface area contributed by atoms with Gasteiger partial charge in [0, 0.05) is 19.8 Å². The molecule has 0 radical (unpaired) electrons. The predicted molar refractivity (Wildman–Crippen MR) is 76.4 cm³/mol. The topological polar surface area (TPSA) is 66.4 Å². The van der Waals surface area contributed by atoms with Crippen molar-refractivity contribution in [3.05, 3.63) is 24.0 Å². The van der Waals surface area contributed by atoms with Gasteiger partial charge >= 0.3 is 0 Å². The molecule has 1 unspecified atom stereocenters. The summed E-state index contributed by atoms with van der Waals surface area (Å²) < 4.78 is 1.70. The van der Waals surface area contributed by atoms with Gasteiger partial charge in [-0.25, -0.2) is 0 Å². The molecule has 1 saturated heterocycles. The van der Waals surface area contributed by atoms with Crippen molar-refractivity contribution in [3.8, 4) is 0 Å². The van der Waals surface area contributed by atoms with Gasteiger partial charge in [0.15, 0.2) is 0 Å². The summed E-state index contributed by atoms with van der Waals surface area (Å²) in [5.41, 5.74) is 0.493. The molecule has 1 aliphatic rings. The number of carbonyl (C=O) groups excluding carboxylic acids is 2. The van der Waals surface area contributed by atoms with Crippen LogP contribution in [0.2, 0.25) is 0 Å². The fourth-order valence-electron chi connectivity index (χ4n) is 2.64. The summed E-state index contributed by atoms with van der Waals surface area (Å²) in [5.74, 6) is 0.0196. The minimum absolute atomic E-state index is 0.235. The Labute approximate surface area is 119 Å². The molecule has 1 aromatic heterocycles. The maximum absolute atomic E-state index is 11.9. The molecule has 6 nitrogen and oxygen atoms in total. The van der Waals surface area contributed by atoms with Crippen molar-refractivity contribution >= 4 is 11.8 Å². The van der Waals surface area contributed by atoms with E-state index in [1.165, 1.54) is 0 Å². The first-order valence-electron chi connectivity index (χ1n) is 6.92. The Morgan fingerprint density at radius 1 is 1.45 bits per heavy atom. The van der Waals surface area contributed by atoms with E-state index in [4.69, 9.17) is 0 Å². The van der Waals surface area contributed by atoms with Crippen LogP contribution in [0.5, 0.6) is 0 Å². The van der Waals surface area contributed by atoms with Gasteiger partial charge in [-0.3, -0.25) is 19.8 Å². The van der Waals surface area contributed by atoms with Crippen LogP contribution in [0, 0.1) is 5.92 Å². The van der Waals surface area contributed by atoms with E-state index in [2.05, 4.69) is 15.5 Å². The molecule has 20 heavy (non-hydrogen) atoms. The standard InChI is InChI=1S/C14H22N4O2/c1-15-8-11-5-7-18(9-11)10-13(19)16-14(20)12-4-3-6-17(12)2/h3-4,6,11,15H,5,7-10H2,1-2H3,(H,16,19,20). The van der Waals surface area contributed by atoms with Crippen LogP contribution < -0.4 is 10.6 Å². The summed E-state index contributed by atoms with van der Waals surface area (Å²) in [6.07, 6.45) is 2.88. The van der Waals surface area contributed by atoms with Crippen LogP contribution in [0.4, 0.5) is 0 Å². The average Bonchev–Trinajstić information content (AvgIpc) is 2.99. The van der Waals surface area contributed by atoms with E-state index < -0.39 is 0 Å². The van der Waals surface area contributed by atoms with Gasteiger partial charge in [0.1, 0.15) is 5.69 Å². The second kappa shape index (κ2) is 6.67. The van der Waals surface area contributed by atoms with Gasteiger partial charge < -0.3 is 9.88 Å². The molecule has 1 fully saturated rings. The molecule has 2 heterocycles. The lowest BCUT2D eigenvalue weighted by atomic mass is 10.1. The molecule has 1 aliphatic heterocycles. The van der Waals surface area contributed by atoms with Crippen molar-refractivity contribution in [2.45, 2.75) is 6.42 Å². The van der Waals surface area contributed by atoms with E-state index in [0.29, 0.717) is 11.6 Å². The lowest BCUT2D eigenvalue weighted by Crippen LogP contribution is -2.40. The van der Waals surface area contributed by atoms with E-state index in [9.17, 15) is 9.59 Å². The number of imide groups is 1. The first-order chi connectivity index (χ1) is 9.60. The molecular weight excluding hydrogens is 256 g/mol. The van der Waals surface area contributed by atoms with Gasteiger partial charge in [-0.15, -0.1) is 0 Å². The molecule has 6 heteroatoms. The number of nitrogens with one attached hydrogen (secondary N) is 2. The van der Waals surface area contributed by atoms with Crippen LogP contribution in [0.25, 0.3) is 0 Å². The zero-order valence-electron chi connectivity index (χ0n) is 12.1. The summed E-state index contributed by atoms with van der Waals surface area (Å²) in [6, 6.07) is 3.48. The van der Waals surface area contributed by atoms with E-state index in [1.807, 2.05) is 7.05 Å². The highest BCUT2D eigenvalue weighted by Gasteiger charge is 2.24. The molecule has 2 rings (SSSR count). The smallest absolute Gasteiger partial charge is 0.274 e. The maximum atomic E-state index is 11.9. The van der Waals surface area contributed by atoms with Crippen molar-refractivity contribution in [2.24, 2.45) is 13.0 Å². The van der Waals surface area contributed by atoms with Crippen LogP contribution >= 0.6 is 0 Å². The lowest BCUT2D eigenvalue weighted by molar-refractivity contribution is -0.121. The first-order valence-corrected chi connectivity index (χ1v) is 6.92. The molecule has 0 bridgehead atoms. The van der Waals surface area contributed by atoms with E-state index in [0.717, 1.165) is 26.1 Å². The molecule has 110 valence electrons. The van der Waals surface area contributed by atoms with Crippen LogP contribution in [0.15, 0.2) is 18.3 Å². The van der Waals surface area contributed by atoms with Crippen LogP contribution in [-0.4, -0.2) is 54.5 Å². The highest BCUT2D eigenvalue weighted by Crippen LogP contribution is 2.14. The molecule has 1 atom stereocenters. The SMILES string of the molecule is CNCC1CCN(CC(=O)NC(=O)c2cccn2C)C1. The van der Waals surface area contributed by atoms with Gasteiger partial charge in [-0.1, -0.05) is 0 Å². The molecule has 0 spiro atoms. The summed E-state index contributed by atoms with van der Waals surface area (Å²) in [5, 5.41) is 5.60. The lowest BCUT2D eigenvalue weighted by Gasteiger charge is -2.15. The average molecular weight is 278 g/mol. The largest absolute Gasteiger partial charge is 0.347 e. The normalized spacial score (nSPS) is 19.2. The zero-order valence-corrected chi connectivity index (χ0v) is 12.1. The van der Waals surface area contributed by atoms with Crippen molar-refractivity contribution in [1.82, 2.24) is 20.1 Å². The minimum atomic E-state index is -0.339. The van der Waals surface area contributed by atoms with Gasteiger partial charge in [-0.05, 0) is 44.6 Å². The number of nitrogens with zero attached hydrogens (tertiary/aromatic N) is 2. The molecular formula is C14H22N4O2. The predicted octanol–water partition coefficient (Wildman–Crippen LogP) is -0.177. The van der Waals surface area contributed by atoms with Crippen LogP contribution in [0.1, 0.15) is 16.9 Å². The number of aromatic nitrogens is 1. The number of aryl methyl sites for hydroxylation is 1. The van der Waals surface area contributed by atoms with Crippen LogP contribution in [-0.2, 0) is 11.8 Å². The van der Waals surface area contributed by atoms with E-state index in [-0.39, 0.29) is 18.4 Å². The fraction of sp³-hybridized carbons (Fsp3) is 0.571. The number of likely N-dealkylation sites (tertiary alicyclic amines) is 1. The summed E-state index contributed by atoms with van der Waals surface area (Å²) in [7, 11) is 3.72. The Morgan fingerprint density at radius 3 is 2.90 bits per heavy atom. The van der Waals surface area contributed by atoms with Crippen molar-refractivity contribution < 1.29 is 9.59 Å². The molecule has 0 saturated carbocycles. The minimum Gasteiger partial charge on any atom is -0.347 e. The number of hydrogen-bond donors (Lipinski definition) is 2. The van der Waals surface area contributed by atoms with Gasteiger partial charge in [0.25, 0.3) is 5.91 Å². The third kappa shape index (κ3) is 3.68. The highest BCUT2D eigenvalue weighted by molar-refractivity contribution is 6.04. The Kier molecular flexibility index (Phi) is 4.92. The first kappa shape index (κ1) is 14.7. The summed E-state index contributed by atoms with van der Waals surface area (Å²) >= 11 is 0. The number of rotatable bonds is 5. The van der Waals surface area contributed by atoms with E-state index >= 15 is 0 Å². The van der Waals surface area contributed by atoms with Gasteiger partial charge in [0.2, 0.25) is 5.91 Å².